The monoisotopic (exact) mass is 310 g/mol. The van der Waals surface area contributed by atoms with Crippen LogP contribution in [0.25, 0.3) is 11.3 Å². The number of pyridine rings is 1. The zero-order chi connectivity index (χ0) is 15.5. The van der Waals surface area contributed by atoms with Gasteiger partial charge in [-0.2, -0.15) is 0 Å². The van der Waals surface area contributed by atoms with Gasteiger partial charge in [0.15, 0.2) is 0 Å². The molecule has 1 saturated heterocycles. The van der Waals surface area contributed by atoms with E-state index in [0.29, 0.717) is 5.92 Å². The summed E-state index contributed by atoms with van der Waals surface area (Å²) >= 11 is 0. The Morgan fingerprint density at radius 3 is 3.00 bits per heavy atom. The average Bonchev–Trinajstić information content (AvgIpc) is 3.02. The lowest BCUT2D eigenvalue weighted by Gasteiger charge is -2.22. The van der Waals surface area contributed by atoms with E-state index in [4.69, 9.17) is 4.74 Å². The van der Waals surface area contributed by atoms with Crippen LogP contribution >= 0.6 is 0 Å². The Morgan fingerprint density at radius 1 is 1.22 bits per heavy atom. The van der Waals surface area contributed by atoms with Crippen LogP contribution in [0.15, 0.2) is 30.9 Å². The summed E-state index contributed by atoms with van der Waals surface area (Å²) in [4.78, 5) is 15.9. The van der Waals surface area contributed by atoms with Crippen LogP contribution in [-0.4, -0.2) is 52.7 Å². The Morgan fingerprint density at radius 2 is 2.17 bits per heavy atom. The Bertz CT molecular complexity index is 655. The molecule has 0 bridgehead atoms. The molecule has 2 aliphatic rings. The third-order valence-electron chi connectivity index (χ3n) is 4.85. The maximum absolute atomic E-state index is 5.51. The molecule has 0 aliphatic carbocycles. The number of aromatic nitrogens is 3. The average molecular weight is 310 g/mol. The molecule has 1 atom stereocenters. The predicted molar refractivity (Wildman–Crippen MR) is 88.0 cm³/mol. The van der Waals surface area contributed by atoms with Crippen LogP contribution in [0.2, 0.25) is 0 Å². The van der Waals surface area contributed by atoms with Crippen molar-refractivity contribution in [3.8, 4) is 11.3 Å². The van der Waals surface area contributed by atoms with Crippen molar-refractivity contribution in [2.75, 3.05) is 32.8 Å². The fraction of sp³-hybridized carbons (Fsp3) is 0.500. The maximum Gasteiger partial charge on any atom is 0.116 e. The minimum atomic E-state index is 0.695. The van der Waals surface area contributed by atoms with Crippen LogP contribution in [0.4, 0.5) is 0 Å². The summed E-state index contributed by atoms with van der Waals surface area (Å²) in [6.45, 7) is 5.14. The van der Waals surface area contributed by atoms with Crippen molar-refractivity contribution >= 4 is 0 Å². The first-order valence-corrected chi connectivity index (χ1v) is 8.43. The van der Waals surface area contributed by atoms with Crippen LogP contribution in [-0.2, 0) is 17.6 Å². The summed E-state index contributed by atoms with van der Waals surface area (Å²) in [6, 6.07) is 4.04. The van der Waals surface area contributed by atoms with Crippen LogP contribution in [0.1, 0.15) is 17.7 Å². The molecule has 0 saturated carbocycles. The number of nitrogens with zero attached hydrogens (tertiary/aromatic N) is 4. The topological polar surface area (TPSA) is 51.1 Å². The van der Waals surface area contributed by atoms with Gasteiger partial charge in [0.25, 0.3) is 0 Å². The van der Waals surface area contributed by atoms with E-state index in [9.17, 15) is 0 Å². The van der Waals surface area contributed by atoms with Crippen molar-refractivity contribution in [2.24, 2.45) is 5.92 Å². The van der Waals surface area contributed by atoms with Gasteiger partial charge >= 0.3 is 0 Å². The fourth-order valence-corrected chi connectivity index (χ4v) is 3.60. The largest absolute Gasteiger partial charge is 0.381 e. The summed E-state index contributed by atoms with van der Waals surface area (Å²) in [7, 11) is 0. The first kappa shape index (κ1) is 14.7. The van der Waals surface area contributed by atoms with Crippen LogP contribution < -0.4 is 0 Å². The lowest BCUT2D eigenvalue weighted by Crippen LogP contribution is -2.32. The third kappa shape index (κ3) is 3.26. The maximum atomic E-state index is 5.51. The molecule has 0 aromatic carbocycles. The van der Waals surface area contributed by atoms with Gasteiger partial charge < -0.3 is 9.64 Å². The second-order valence-corrected chi connectivity index (χ2v) is 6.42. The van der Waals surface area contributed by atoms with Gasteiger partial charge in [0, 0.05) is 61.9 Å². The smallest absolute Gasteiger partial charge is 0.116 e. The molecular weight excluding hydrogens is 288 g/mol. The van der Waals surface area contributed by atoms with E-state index in [1.807, 2.05) is 12.3 Å². The van der Waals surface area contributed by atoms with Crippen molar-refractivity contribution < 1.29 is 4.74 Å². The molecule has 5 nitrogen and oxygen atoms in total. The van der Waals surface area contributed by atoms with Crippen molar-refractivity contribution in [1.29, 1.82) is 0 Å². The zero-order valence-corrected chi connectivity index (χ0v) is 13.3. The molecule has 2 aromatic rings. The Labute approximate surface area is 136 Å². The molecule has 4 rings (SSSR count). The summed E-state index contributed by atoms with van der Waals surface area (Å²) in [5, 5.41) is 0. The molecule has 0 radical (unpaired) electrons. The molecule has 1 fully saturated rings. The van der Waals surface area contributed by atoms with Gasteiger partial charge in [0.2, 0.25) is 0 Å². The number of hydrogen-bond donors (Lipinski definition) is 0. The predicted octanol–water partition coefficient (Wildman–Crippen LogP) is 1.98. The molecule has 2 aromatic heterocycles. The van der Waals surface area contributed by atoms with Gasteiger partial charge in [-0.1, -0.05) is 0 Å². The molecule has 120 valence electrons. The molecule has 23 heavy (non-hydrogen) atoms. The number of fused-ring (bicyclic) bond motifs is 1. The molecule has 5 heteroatoms. The third-order valence-corrected chi connectivity index (χ3v) is 4.85. The summed E-state index contributed by atoms with van der Waals surface area (Å²) in [5.41, 5.74) is 4.63. The second-order valence-electron chi connectivity index (χ2n) is 6.42. The summed E-state index contributed by atoms with van der Waals surface area (Å²) < 4.78 is 5.51. The normalized spacial score (nSPS) is 21.8. The van der Waals surface area contributed by atoms with Crippen molar-refractivity contribution in [3.63, 3.8) is 0 Å². The van der Waals surface area contributed by atoms with Crippen molar-refractivity contribution in [3.05, 3.63) is 42.1 Å². The second kappa shape index (κ2) is 6.72. The number of rotatable bonds is 3. The van der Waals surface area contributed by atoms with Gasteiger partial charge in [-0.05, 0) is 30.9 Å². The first-order chi connectivity index (χ1) is 11.4. The molecule has 0 N–H and O–H groups in total. The van der Waals surface area contributed by atoms with Crippen LogP contribution in [0, 0.1) is 5.92 Å². The molecule has 4 heterocycles. The zero-order valence-electron chi connectivity index (χ0n) is 13.3. The standard InChI is InChI=1S/C18H22N4O/c1-2-15(10-19-6-1)18-16-3-7-22(11-14-5-9-23-12-14)8-4-17(16)20-13-21-18/h1-2,6,10,13-14H,3-5,7-9,11-12H2. The first-order valence-electron chi connectivity index (χ1n) is 8.43. The van der Waals surface area contributed by atoms with E-state index in [2.05, 4.69) is 25.9 Å². The van der Waals surface area contributed by atoms with Gasteiger partial charge in [0.1, 0.15) is 6.33 Å². The fourth-order valence-electron chi connectivity index (χ4n) is 3.60. The van der Waals surface area contributed by atoms with Crippen LogP contribution in [0.5, 0.6) is 0 Å². The molecule has 1 unspecified atom stereocenters. The minimum Gasteiger partial charge on any atom is -0.381 e. The van der Waals surface area contributed by atoms with Gasteiger partial charge in [-0.15, -0.1) is 0 Å². The van der Waals surface area contributed by atoms with E-state index in [1.54, 1.807) is 12.5 Å². The highest BCUT2D eigenvalue weighted by atomic mass is 16.5. The van der Waals surface area contributed by atoms with Crippen molar-refractivity contribution in [1.82, 2.24) is 19.9 Å². The van der Waals surface area contributed by atoms with Gasteiger partial charge in [0.05, 0.1) is 12.3 Å². The quantitative estimate of drug-likeness (QED) is 0.867. The highest BCUT2D eigenvalue weighted by Gasteiger charge is 2.23. The summed E-state index contributed by atoms with van der Waals surface area (Å²) in [6.07, 6.45) is 8.59. The number of ether oxygens (including phenoxy) is 1. The van der Waals surface area contributed by atoms with Crippen molar-refractivity contribution in [2.45, 2.75) is 19.3 Å². The van der Waals surface area contributed by atoms with Crippen LogP contribution in [0.3, 0.4) is 0 Å². The molecule has 2 aliphatic heterocycles. The van der Waals surface area contributed by atoms with E-state index in [-0.39, 0.29) is 0 Å². The minimum absolute atomic E-state index is 0.695. The lowest BCUT2D eigenvalue weighted by molar-refractivity contribution is 0.168. The Hall–Kier alpha value is -1.85. The highest BCUT2D eigenvalue weighted by molar-refractivity contribution is 5.62. The van der Waals surface area contributed by atoms with E-state index < -0.39 is 0 Å². The van der Waals surface area contributed by atoms with Gasteiger partial charge in [-0.3, -0.25) is 4.98 Å². The SMILES string of the molecule is c1cncc(-c2ncnc3c2CCN(CC2CCOC2)CC3)c1. The van der Waals surface area contributed by atoms with Gasteiger partial charge in [-0.25, -0.2) is 9.97 Å². The van der Waals surface area contributed by atoms with E-state index >= 15 is 0 Å². The van der Waals surface area contributed by atoms with E-state index in [0.717, 1.165) is 56.9 Å². The summed E-state index contributed by atoms with van der Waals surface area (Å²) in [5.74, 6) is 0.695. The Balaban J connectivity index is 1.54. The number of hydrogen-bond acceptors (Lipinski definition) is 5. The lowest BCUT2D eigenvalue weighted by atomic mass is 10.0. The highest BCUT2D eigenvalue weighted by Crippen LogP contribution is 2.25. The Kier molecular flexibility index (Phi) is 4.30. The molecule has 0 amide bonds. The molecule has 0 spiro atoms. The molecular formula is C18H22N4O. The van der Waals surface area contributed by atoms with E-state index in [1.165, 1.54) is 17.7 Å².